The van der Waals surface area contributed by atoms with Crippen molar-refractivity contribution in [3.05, 3.63) is 70.0 Å². The number of carbonyl (C=O) groups excluding carboxylic acids is 1. The first-order valence-electron chi connectivity index (χ1n) is 9.55. The van der Waals surface area contributed by atoms with Gasteiger partial charge in [0.05, 0.1) is 34.1 Å². The molecule has 2 aromatic heterocycles. The second kappa shape index (κ2) is 7.82. The quantitative estimate of drug-likeness (QED) is 0.270. The van der Waals surface area contributed by atoms with Gasteiger partial charge in [0.1, 0.15) is 5.75 Å². The first-order valence-corrected chi connectivity index (χ1v) is 9.55. The number of rotatable bonds is 6. The number of fused-ring (bicyclic) bond motifs is 3. The van der Waals surface area contributed by atoms with E-state index >= 15 is 0 Å². The van der Waals surface area contributed by atoms with Crippen molar-refractivity contribution < 1.29 is 19.2 Å². The van der Waals surface area contributed by atoms with E-state index in [0.29, 0.717) is 12.2 Å². The number of nitro benzene ring substituents is 1. The van der Waals surface area contributed by atoms with E-state index in [1.54, 1.807) is 43.5 Å². The fourth-order valence-electron chi connectivity index (χ4n) is 3.59. The highest BCUT2D eigenvalue weighted by molar-refractivity contribution is 6.13. The maximum absolute atomic E-state index is 12.4. The SMILES string of the molecule is CCOC(=O)c1ncc2[nH]c3cccc(Oc4ccccc4[N+](=O)[O-])c3c2c1CC. The molecule has 4 rings (SSSR count). The molecular formula is C22H19N3O5. The summed E-state index contributed by atoms with van der Waals surface area (Å²) in [5.41, 5.74) is 2.38. The number of aryl methyl sites for hydroxylation is 1. The summed E-state index contributed by atoms with van der Waals surface area (Å²) >= 11 is 0. The van der Waals surface area contributed by atoms with Crippen molar-refractivity contribution in [3.8, 4) is 11.5 Å². The smallest absolute Gasteiger partial charge is 0.357 e. The molecule has 2 heterocycles. The standard InChI is InChI=1S/C22H19N3O5/c1-3-13-19-15(12-23-21(13)22(26)29-4-2)24-14-8-7-11-18(20(14)19)30-17-10-6-5-9-16(17)25(27)28/h5-12,24H,3-4H2,1-2H3. The second-order valence-electron chi connectivity index (χ2n) is 6.58. The summed E-state index contributed by atoms with van der Waals surface area (Å²) in [5.74, 6) is 0.105. The number of esters is 1. The van der Waals surface area contributed by atoms with Crippen LogP contribution in [0.25, 0.3) is 21.8 Å². The lowest BCUT2D eigenvalue weighted by Gasteiger charge is -2.10. The van der Waals surface area contributed by atoms with Gasteiger partial charge in [-0.1, -0.05) is 25.1 Å². The Labute approximate surface area is 171 Å². The molecule has 4 aromatic rings. The Morgan fingerprint density at radius 1 is 1.07 bits per heavy atom. The predicted octanol–water partition coefficient (Wildman–Crippen LogP) is 5.16. The average Bonchev–Trinajstić information content (AvgIpc) is 3.13. The molecule has 2 aromatic carbocycles. The zero-order valence-electron chi connectivity index (χ0n) is 16.5. The number of H-pyrrole nitrogens is 1. The lowest BCUT2D eigenvalue weighted by atomic mass is 10.0. The van der Waals surface area contributed by atoms with Gasteiger partial charge in [-0.3, -0.25) is 10.1 Å². The van der Waals surface area contributed by atoms with Gasteiger partial charge in [0.25, 0.3) is 0 Å². The van der Waals surface area contributed by atoms with Crippen LogP contribution in [0.3, 0.4) is 0 Å². The molecule has 0 aliphatic heterocycles. The van der Waals surface area contributed by atoms with Gasteiger partial charge in [0.15, 0.2) is 5.69 Å². The van der Waals surface area contributed by atoms with Crippen LogP contribution in [0, 0.1) is 10.1 Å². The zero-order chi connectivity index (χ0) is 21.3. The predicted molar refractivity (Wildman–Crippen MR) is 112 cm³/mol. The van der Waals surface area contributed by atoms with Crippen LogP contribution >= 0.6 is 0 Å². The van der Waals surface area contributed by atoms with Crippen LogP contribution in [0.2, 0.25) is 0 Å². The van der Waals surface area contributed by atoms with E-state index in [1.165, 1.54) is 6.07 Å². The highest BCUT2D eigenvalue weighted by atomic mass is 16.6. The first-order chi connectivity index (χ1) is 14.5. The Bertz CT molecular complexity index is 1280. The average molecular weight is 405 g/mol. The van der Waals surface area contributed by atoms with E-state index in [9.17, 15) is 14.9 Å². The van der Waals surface area contributed by atoms with Crippen molar-refractivity contribution in [3.63, 3.8) is 0 Å². The number of hydrogen-bond donors (Lipinski definition) is 1. The van der Waals surface area contributed by atoms with Crippen molar-refractivity contribution in [1.29, 1.82) is 0 Å². The van der Waals surface area contributed by atoms with E-state index < -0.39 is 10.9 Å². The van der Waals surface area contributed by atoms with Crippen LogP contribution in [0.5, 0.6) is 11.5 Å². The molecule has 0 atom stereocenters. The molecule has 0 spiro atoms. The van der Waals surface area contributed by atoms with Gasteiger partial charge in [-0.15, -0.1) is 0 Å². The van der Waals surface area contributed by atoms with E-state index in [0.717, 1.165) is 27.4 Å². The van der Waals surface area contributed by atoms with Crippen LogP contribution < -0.4 is 4.74 Å². The van der Waals surface area contributed by atoms with Gasteiger partial charge in [-0.05, 0) is 37.1 Å². The van der Waals surface area contributed by atoms with Gasteiger partial charge < -0.3 is 14.5 Å². The molecule has 0 aliphatic rings. The number of carbonyl (C=O) groups is 1. The molecule has 0 aliphatic carbocycles. The van der Waals surface area contributed by atoms with Crippen molar-refractivity contribution >= 4 is 33.5 Å². The van der Waals surface area contributed by atoms with Crippen LogP contribution in [-0.2, 0) is 11.2 Å². The molecule has 0 amide bonds. The molecule has 8 heteroatoms. The Hall–Kier alpha value is -3.94. The Morgan fingerprint density at radius 2 is 1.83 bits per heavy atom. The Morgan fingerprint density at radius 3 is 2.57 bits per heavy atom. The third kappa shape index (κ3) is 3.22. The monoisotopic (exact) mass is 405 g/mol. The minimum atomic E-state index is -0.484. The Kier molecular flexibility index (Phi) is 5.05. The molecule has 0 unspecified atom stereocenters. The summed E-state index contributed by atoms with van der Waals surface area (Å²) in [6.07, 6.45) is 2.14. The largest absolute Gasteiger partial charge is 0.461 e. The number of benzene rings is 2. The molecule has 30 heavy (non-hydrogen) atoms. The first kappa shape index (κ1) is 19.4. The molecule has 152 valence electrons. The van der Waals surface area contributed by atoms with Gasteiger partial charge in [-0.25, -0.2) is 9.78 Å². The van der Waals surface area contributed by atoms with E-state index in [-0.39, 0.29) is 23.7 Å². The van der Waals surface area contributed by atoms with Crippen molar-refractivity contribution in [2.24, 2.45) is 0 Å². The Balaban J connectivity index is 1.96. The molecule has 0 saturated heterocycles. The van der Waals surface area contributed by atoms with Gasteiger partial charge in [0.2, 0.25) is 5.75 Å². The van der Waals surface area contributed by atoms with Gasteiger partial charge in [0, 0.05) is 11.5 Å². The number of aromatic amines is 1. The highest BCUT2D eigenvalue weighted by Crippen LogP contribution is 2.40. The fourth-order valence-corrected chi connectivity index (χ4v) is 3.59. The van der Waals surface area contributed by atoms with Crippen molar-refractivity contribution in [2.45, 2.75) is 20.3 Å². The molecule has 0 saturated carbocycles. The third-order valence-electron chi connectivity index (χ3n) is 4.83. The van der Waals surface area contributed by atoms with E-state index in [4.69, 9.17) is 9.47 Å². The maximum Gasteiger partial charge on any atom is 0.357 e. The lowest BCUT2D eigenvalue weighted by Crippen LogP contribution is -2.10. The summed E-state index contributed by atoms with van der Waals surface area (Å²) < 4.78 is 11.2. The summed E-state index contributed by atoms with van der Waals surface area (Å²) in [5, 5.41) is 12.9. The van der Waals surface area contributed by atoms with Crippen molar-refractivity contribution in [1.82, 2.24) is 9.97 Å². The van der Waals surface area contributed by atoms with Crippen LogP contribution in [0.1, 0.15) is 29.9 Å². The number of para-hydroxylation sites is 2. The molecule has 0 fully saturated rings. The molecule has 1 N–H and O–H groups in total. The van der Waals surface area contributed by atoms with Crippen LogP contribution in [-0.4, -0.2) is 27.5 Å². The number of aromatic nitrogens is 2. The zero-order valence-corrected chi connectivity index (χ0v) is 16.5. The molecule has 8 nitrogen and oxygen atoms in total. The van der Waals surface area contributed by atoms with Crippen LogP contribution in [0.4, 0.5) is 5.69 Å². The van der Waals surface area contributed by atoms with Gasteiger partial charge >= 0.3 is 11.7 Å². The normalized spacial score (nSPS) is 11.0. The third-order valence-corrected chi connectivity index (χ3v) is 4.83. The topological polar surface area (TPSA) is 107 Å². The summed E-state index contributed by atoms with van der Waals surface area (Å²) in [7, 11) is 0. The minimum absolute atomic E-state index is 0.126. The maximum atomic E-state index is 12.4. The number of nitrogens with zero attached hydrogens (tertiary/aromatic N) is 2. The van der Waals surface area contributed by atoms with E-state index in [2.05, 4.69) is 9.97 Å². The van der Waals surface area contributed by atoms with Crippen molar-refractivity contribution in [2.75, 3.05) is 6.61 Å². The second-order valence-corrected chi connectivity index (χ2v) is 6.58. The van der Waals surface area contributed by atoms with Crippen LogP contribution in [0.15, 0.2) is 48.7 Å². The summed E-state index contributed by atoms with van der Waals surface area (Å²) in [6, 6.07) is 11.6. The molecule has 0 radical (unpaired) electrons. The minimum Gasteiger partial charge on any atom is -0.461 e. The number of nitrogens with one attached hydrogen (secondary N) is 1. The lowest BCUT2D eigenvalue weighted by molar-refractivity contribution is -0.385. The molecular weight excluding hydrogens is 386 g/mol. The summed E-state index contributed by atoms with van der Waals surface area (Å²) in [6.45, 7) is 3.93. The fraction of sp³-hybridized carbons (Fsp3) is 0.182. The molecule has 0 bridgehead atoms. The highest BCUT2D eigenvalue weighted by Gasteiger charge is 2.22. The number of nitro groups is 1. The van der Waals surface area contributed by atoms with E-state index in [1.807, 2.05) is 13.0 Å². The summed E-state index contributed by atoms with van der Waals surface area (Å²) in [4.78, 5) is 30.9. The van der Waals surface area contributed by atoms with Gasteiger partial charge in [-0.2, -0.15) is 0 Å². The number of hydrogen-bond acceptors (Lipinski definition) is 6. The number of pyridine rings is 1. The number of ether oxygens (including phenoxy) is 2.